The minimum Gasteiger partial charge on any atom is -0.383 e. The summed E-state index contributed by atoms with van der Waals surface area (Å²) in [5.41, 5.74) is 1.79. The van der Waals surface area contributed by atoms with Crippen LogP contribution in [0, 0.1) is 0 Å². The lowest BCUT2D eigenvalue weighted by atomic mass is 10.0. The summed E-state index contributed by atoms with van der Waals surface area (Å²) in [5, 5.41) is 6.88. The zero-order valence-corrected chi connectivity index (χ0v) is 18.5. The second-order valence-corrected chi connectivity index (χ2v) is 9.58. The van der Waals surface area contributed by atoms with Crippen LogP contribution in [0.15, 0.2) is 77.7 Å². The predicted octanol–water partition coefficient (Wildman–Crippen LogP) is 5.34. The van der Waals surface area contributed by atoms with E-state index in [-0.39, 0.29) is 4.90 Å². The van der Waals surface area contributed by atoms with Gasteiger partial charge >= 0.3 is 6.18 Å². The number of para-hydroxylation sites is 2. The lowest BCUT2D eigenvalue weighted by Gasteiger charge is -2.18. The van der Waals surface area contributed by atoms with E-state index in [9.17, 15) is 21.6 Å². The van der Waals surface area contributed by atoms with Gasteiger partial charge in [-0.2, -0.15) is 13.2 Å². The zero-order valence-electron chi connectivity index (χ0n) is 17.7. The van der Waals surface area contributed by atoms with Gasteiger partial charge in [0.15, 0.2) is 0 Å². The highest BCUT2D eigenvalue weighted by atomic mass is 32.2. The molecule has 0 saturated carbocycles. The Kier molecular flexibility index (Phi) is 6.62. The second-order valence-electron chi connectivity index (χ2n) is 7.89. The van der Waals surface area contributed by atoms with E-state index in [1.165, 1.54) is 0 Å². The van der Waals surface area contributed by atoms with Gasteiger partial charge in [-0.1, -0.05) is 36.4 Å². The van der Waals surface area contributed by atoms with Crippen LogP contribution in [0.2, 0.25) is 0 Å². The quantitative estimate of drug-likeness (QED) is 0.432. The second kappa shape index (κ2) is 9.44. The van der Waals surface area contributed by atoms with E-state index in [1.54, 1.807) is 24.3 Å². The smallest absolute Gasteiger partial charge is 0.383 e. The van der Waals surface area contributed by atoms with Crippen LogP contribution in [0.25, 0.3) is 11.1 Å². The first-order valence-corrected chi connectivity index (χ1v) is 12.1. The molecule has 3 N–H and O–H groups in total. The first kappa shape index (κ1) is 23.1. The van der Waals surface area contributed by atoms with Crippen molar-refractivity contribution >= 4 is 21.4 Å². The molecule has 0 unspecified atom stereocenters. The number of hydrogen-bond acceptors (Lipinski definition) is 4. The summed E-state index contributed by atoms with van der Waals surface area (Å²) in [4.78, 5) is -0.246. The molecule has 1 aliphatic heterocycles. The first-order chi connectivity index (χ1) is 15.7. The highest BCUT2D eigenvalue weighted by molar-refractivity contribution is 7.92. The third kappa shape index (κ3) is 5.48. The molecule has 3 aromatic carbocycles. The molecule has 0 spiro atoms. The van der Waals surface area contributed by atoms with Gasteiger partial charge in [-0.25, -0.2) is 8.42 Å². The molecule has 4 rings (SSSR count). The standard InChI is InChI=1S/C24H24F3N3O2S/c25-24(26,27)17-11-13-19(14-12-17)33(31,32)30-23-10-4-2-8-21(23)20-7-1-3-9-22(20)29-16-18-6-5-15-28-18/h1-4,7-14,18,28-30H,5-6,15-16H2/t18-/m0/s1. The van der Waals surface area contributed by atoms with Crippen LogP contribution in [0.1, 0.15) is 18.4 Å². The number of hydrogen-bond donors (Lipinski definition) is 3. The molecule has 174 valence electrons. The average Bonchev–Trinajstić information content (AvgIpc) is 3.31. The molecule has 1 saturated heterocycles. The molecule has 9 heteroatoms. The van der Waals surface area contributed by atoms with E-state index < -0.39 is 21.8 Å². The zero-order chi connectivity index (χ0) is 23.5. The predicted molar refractivity (Wildman–Crippen MR) is 124 cm³/mol. The molecule has 1 fully saturated rings. The highest BCUT2D eigenvalue weighted by Crippen LogP contribution is 2.35. The summed E-state index contributed by atoms with van der Waals surface area (Å²) < 4.78 is 66.8. The molecule has 0 aliphatic carbocycles. The molecule has 3 aromatic rings. The molecule has 5 nitrogen and oxygen atoms in total. The Bertz CT molecular complexity index is 1210. The lowest BCUT2D eigenvalue weighted by Crippen LogP contribution is -2.29. The largest absolute Gasteiger partial charge is 0.416 e. The van der Waals surface area contributed by atoms with Crippen molar-refractivity contribution in [2.45, 2.75) is 30.0 Å². The van der Waals surface area contributed by atoms with Crippen molar-refractivity contribution in [1.29, 1.82) is 0 Å². The maximum atomic E-state index is 12.9. The molecule has 1 atom stereocenters. The molecular weight excluding hydrogens is 451 g/mol. The lowest BCUT2D eigenvalue weighted by molar-refractivity contribution is -0.137. The highest BCUT2D eigenvalue weighted by Gasteiger charge is 2.30. The number of rotatable bonds is 7. The fourth-order valence-electron chi connectivity index (χ4n) is 3.87. The van der Waals surface area contributed by atoms with Crippen molar-refractivity contribution in [3.05, 3.63) is 78.4 Å². The number of sulfonamides is 1. The number of anilines is 2. The summed E-state index contributed by atoms with van der Waals surface area (Å²) in [7, 11) is -4.09. The molecule has 33 heavy (non-hydrogen) atoms. The number of benzene rings is 3. The maximum Gasteiger partial charge on any atom is 0.416 e. The van der Waals surface area contributed by atoms with Crippen LogP contribution < -0.4 is 15.4 Å². The maximum absolute atomic E-state index is 12.9. The van der Waals surface area contributed by atoms with Crippen LogP contribution >= 0.6 is 0 Å². The minimum atomic E-state index is -4.53. The third-order valence-corrected chi connectivity index (χ3v) is 6.96. The van der Waals surface area contributed by atoms with Crippen molar-refractivity contribution in [3.8, 4) is 11.1 Å². The normalized spacial score (nSPS) is 16.5. The summed E-state index contributed by atoms with van der Waals surface area (Å²) in [5.74, 6) is 0. The van der Waals surface area contributed by atoms with E-state index in [0.29, 0.717) is 17.3 Å². The van der Waals surface area contributed by atoms with Crippen molar-refractivity contribution < 1.29 is 21.6 Å². The van der Waals surface area contributed by atoms with Gasteiger partial charge in [-0.3, -0.25) is 4.72 Å². The molecule has 0 aromatic heterocycles. The Labute approximate surface area is 191 Å². The van der Waals surface area contributed by atoms with Crippen molar-refractivity contribution in [1.82, 2.24) is 5.32 Å². The van der Waals surface area contributed by atoms with E-state index in [1.807, 2.05) is 24.3 Å². The number of halogens is 3. The molecule has 0 bridgehead atoms. The molecule has 1 aliphatic rings. The van der Waals surface area contributed by atoms with Gasteiger partial charge in [0.2, 0.25) is 0 Å². The Balaban J connectivity index is 1.61. The van der Waals surface area contributed by atoms with Gasteiger partial charge in [-0.05, 0) is 55.8 Å². The van der Waals surface area contributed by atoms with Crippen LogP contribution in [0.5, 0.6) is 0 Å². The van der Waals surface area contributed by atoms with Gasteiger partial charge in [0.25, 0.3) is 10.0 Å². The van der Waals surface area contributed by atoms with Gasteiger partial charge < -0.3 is 10.6 Å². The van der Waals surface area contributed by atoms with E-state index in [2.05, 4.69) is 15.4 Å². The minimum absolute atomic E-state index is 0.246. The fraction of sp³-hybridized carbons (Fsp3) is 0.250. The van der Waals surface area contributed by atoms with Gasteiger partial charge in [-0.15, -0.1) is 0 Å². The Hall–Kier alpha value is -3.04. The van der Waals surface area contributed by atoms with Crippen LogP contribution in [-0.2, 0) is 16.2 Å². The molecular formula is C24H24F3N3O2S. The Morgan fingerprint density at radius 1 is 0.879 bits per heavy atom. The average molecular weight is 476 g/mol. The van der Waals surface area contributed by atoms with E-state index in [0.717, 1.165) is 61.4 Å². The topological polar surface area (TPSA) is 70.2 Å². The summed E-state index contributed by atoms with van der Waals surface area (Å²) in [6.45, 7) is 1.75. The fourth-order valence-corrected chi connectivity index (χ4v) is 4.95. The summed E-state index contributed by atoms with van der Waals surface area (Å²) in [6.07, 6.45) is -2.30. The molecule has 0 amide bonds. The van der Waals surface area contributed by atoms with Crippen molar-refractivity contribution in [2.75, 3.05) is 23.1 Å². The Morgan fingerprint density at radius 3 is 2.09 bits per heavy atom. The van der Waals surface area contributed by atoms with Crippen molar-refractivity contribution in [2.24, 2.45) is 0 Å². The molecule has 1 heterocycles. The van der Waals surface area contributed by atoms with Crippen molar-refractivity contribution in [3.63, 3.8) is 0 Å². The van der Waals surface area contributed by atoms with Gasteiger partial charge in [0.1, 0.15) is 0 Å². The summed E-state index contributed by atoms with van der Waals surface area (Å²) >= 11 is 0. The number of alkyl halides is 3. The summed E-state index contributed by atoms with van der Waals surface area (Å²) in [6, 6.07) is 18.4. The first-order valence-electron chi connectivity index (χ1n) is 10.6. The van der Waals surface area contributed by atoms with Crippen LogP contribution in [0.3, 0.4) is 0 Å². The van der Waals surface area contributed by atoms with Gasteiger partial charge in [0.05, 0.1) is 16.1 Å². The monoisotopic (exact) mass is 475 g/mol. The van der Waals surface area contributed by atoms with Crippen LogP contribution in [0.4, 0.5) is 24.5 Å². The Morgan fingerprint density at radius 2 is 1.48 bits per heavy atom. The third-order valence-electron chi connectivity index (χ3n) is 5.58. The van der Waals surface area contributed by atoms with Gasteiger partial charge in [0, 0.05) is 29.4 Å². The number of nitrogens with one attached hydrogen (secondary N) is 3. The van der Waals surface area contributed by atoms with E-state index >= 15 is 0 Å². The van der Waals surface area contributed by atoms with E-state index in [4.69, 9.17) is 0 Å². The SMILES string of the molecule is O=S(=O)(Nc1ccccc1-c1ccccc1NC[C@@H]1CCCN1)c1ccc(C(F)(F)F)cc1. The van der Waals surface area contributed by atoms with Crippen LogP contribution in [-0.4, -0.2) is 27.5 Å². The molecule has 0 radical (unpaired) electrons.